The summed E-state index contributed by atoms with van der Waals surface area (Å²) in [5.41, 5.74) is 1.73. The lowest BCUT2D eigenvalue weighted by Crippen LogP contribution is -2.10. The minimum atomic E-state index is -4.30. The number of hydrogen-bond donors (Lipinski definition) is 1. The molecule has 1 aromatic rings. The molecule has 0 spiro atoms. The number of halogens is 3. The highest BCUT2D eigenvalue weighted by Crippen LogP contribution is 2.34. The molecular weight excluding hydrogens is 241 g/mol. The molecule has 98 valence electrons. The summed E-state index contributed by atoms with van der Waals surface area (Å²) >= 11 is 0. The van der Waals surface area contributed by atoms with Crippen molar-refractivity contribution in [3.63, 3.8) is 0 Å². The average Bonchev–Trinajstić information content (AvgIpc) is 2.27. The van der Waals surface area contributed by atoms with Crippen LogP contribution < -0.4 is 0 Å². The number of aliphatic hydroxyl groups excluding tert-OH is 1. The first-order chi connectivity index (χ1) is 8.38. The second kappa shape index (κ2) is 4.76. The third-order valence-corrected chi connectivity index (χ3v) is 3.24. The largest absolute Gasteiger partial charge is 0.416 e. The zero-order chi connectivity index (χ0) is 13.3. The van der Waals surface area contributed by atoms with Gasteiger partial charge in [0.25, 0.3) is 0 Å². The summed E-state index contributed by atoms with van der Waals surface area (Å²) in [7, 11) is 0. The summed E-state index contributed by atoms with van der Waals surface area (Å²) < 4.78 is 37.6. The van der Waals surface area contributed by atoms with Gasteiger partial charge in [-0.3, -0.25) is 0 Å². The van der Waals surface area contributed by atoms with Gasteiger partial charge in [0.2, 0.25) is 0 Å². The van der Waals surface area contributed by atoms with E-state index in [2.05, 4.69) is 0 Å². The number of benzene rings is 1. The smallest absolute Gasteiger partial charge is 0.389 e. The quantitative estimate of drug-likeness (QED) is 0.806. The van der Waals surface area contributed by atoms with Gasteiger partial charge < -0.3 is 5.11 Å². The molecule has 1 unspecified atom stereocenters. The molecule has 0 saturated carbocycles. The predicted molar refractivity (Wildman–Crippen MR) is 64.0 cm³/mol. The van der Waals surface area contributed by atoms with Crippen LogP contribution >= 0.6 is 0 Å². The number of aryl methyl sites for hydroxylation is 1. The standard InChI is InChI=1S/C14H15F3O/c1-9-7-11(14(15,16)17)5-6-13(9)10-3-2-4-12(18)8-10/h5-8,12,18H,2-4H2,1H3. The fourth-order valence-electron chi connectivity index (χ4n) is 2.33. The van der Waals surface area contributed by atoms with Crippen LogP contribution in [0.5, 0.6) is 0 Å². The normalized spacial score (nSPS) is 20.7. The van der Waals surface area contributed by atoms with Crippen LogP contribution in [0.1, 0.15) is 36.0 Å². The van der Waals surface area contributed by atoms with Gasteiger partial charge in [0, 0.05) is 0 Å². The molecule has 0 radical (unpaired) electrons. The lowest BCUT2D eigenvalue weighted by Gasteiger charge is -2.19. The maximum atomic E-state index is 12.5. The van der Waals surface area contributed by atoms with E-state index in [9.17, 15) is 18.3 Å². The van der Waals surface area contributed by atoms with Crippen LogP contribution in [-0.2, 0) is 6.18 Å². The van der Waals surface area contributed by atoms with Crippen molar-refractivity contribution in [3.05, 3.63) is 41.0 Å². The summed E-state index contributed by atoms with van der Waals surface area (Å²) in [6, 6.07) is 3.77. The Balaban J connectivity index is 2.36. The van der Waals surface area contributed by atoms with Crippen molar-refractivity contribution in [2.75, 3.05) is 0 Å². The summed E-state index contributed by atoms with van der Waals surface area (Å²) in [6.07, 6.45) is -0.626. The summed E-state index contributed by atoms with van der Waals surface area (Å²) in [6.45, 7) is 1.67. The monoisotopic (exact) mass is 256 g/mol. The van der Waals surface area contributed by atoms with Crippen LogP contribution in [0.25, 0.3) is 5.57 Å². The van der Waals surface area contributed by atoms with Crippen LogP contribution in [0, 0.1) is 6.92 Å². The molecule has 0 aromatic heterocycles. The van der Waals surface area contributed by atoms with E-state index in [-0.39, 0.29) is 0 Å². The first-order valence-corrected chi connectivity index (χ1v) is 5.95. The second-order valence-corrected chi connectivity index (χ2v) is 4.68. The highest BCUT2D eigenvalue weighted by molar-refractivity contribution is 5.69. The van der Waals surface area contributed by atoms with Gasteiger partial charge in [-0.05, 0) is 55.0 Å². The molecule has 0 aliphatic heterocycles. The number of rotatable bonds is 1. The summed E-state index contributed by atoms with van der Waals surface area (Å²) in [5, 5.41) is 9.56. The van der Waals surface area contributed by atoms with E-state index in [0.29, 0.717) is 5.56 Å². The Hall–Kier alpha value is -1.29. The Morgan fingerprint density at radius 3 is 2.56 bits per heavy atom. The lowest BCUT2D eigenvalue weighted by atomic mass is 9.89. The third kappa shape index (κ3) is 2.75. The van der Waals surface area contributed by atoms with Crippen molar-refractivity contribution in [2.45, 2.75) is 38.5 Å². The zero-order valence-corrected chi connectivity index (χ0v) is 10.1. The minimum Gasteiger partial charge on any atom is -0.389 e. The molecule has 1 aliphatic rings. The Labute approximate surface area is 104 Å². The number of allylic oxidation sites excluding steroid dienone is 1. The Morgan fingerprint density at radius 2 is 2.00 bits per heavy atom. The van der Waals surface area contributed by atoms with Crippen LogP contribution in [0.3, 0.4) is 0 Å². The van der Waals surface area contributed by atoms with Gasteiger partial charge in [-0.1, -0.05) is 12.1 Å². The van der Waals surface area contributed by atoms with E-state index in [1.165, 1.54) is 6.07 Å². The van der Waals surface area contributed by atoms with Gasteiger partial charge in [0.15, 0.2) is 0 Å². The van der Waals surface area contributed by atoms with Gasteiger partial charge >= 0.3 is 6.18 Å². The fraction of sp³-hybridized carbons (Fsp3) is 0.429. The molecule has 0 saturated heterocycles. The number of hydrogen-bond acceptors (Lipinski definition) is 1. The van der Waals surface area contributed by atoms with E-state index in [1.54, 1.807) is 13.0 Å². The SMILES string of the molecule is Cc1cc(C(F)(F)F)ccc1C1=CC(O)CCC1. The van der Waals surface area contributed by atoms with Crippen LogP contribution in [0.15, 0.2) is 24.3 Å². The van der Waals surface area contributed by atoms with E-state index < -0.39 is 17.8 Å². The highest BCUT2D eigenvalue weighted by Gasteiger charge is 2.30. The van der Waals surface area contributed by atoms with Gasteiger partial charge in [-0.2, -0.15) is 13.2 Å². The average molecular weight is 256 g/mol. The van der Waals surface area contributed by atoms with Gasteiger partial charge in [0.1, 0.15) is 0 Å². The molecule has 0 heterocycles. The van der Waals surface area contributed by atoms with Gasteiger partial charge in [-0.15, -0.1) is 0 Å². The van der Waals surface area contributed by atoms with Crippen LogP contribution in [0.4, 0.5) is 13.2 Å². The number of alkyl halides is 3. The molecule has 1 atom stereocenters. The van der Waals surface area contributed by atoms with E-state index in [0.717, 1.165) is 42.5 Å². The topological polar surface area (TPSA) is 20.2 Å². The van der Waals surface area contributed by atoms with Crippen molar-refractivity contribution in [2.24, 2.45) is 0 Å². The van der Waals surface area contributed by atoms with Gasteiger partial charge in [0.05, 0.1) is 11.7 Å². The molecule has 0 amide bonds. The number of aliphatic hydroxyl groups is 1. The van der Waals surface area contributed by atoms with Crippen LogP contribution in [0.2, 0.25) is 0 Å². The summed E-state index contributed by atoms with van der Waals surface area (Å²) in [5.74, 6) is 0. The second-order valence-electron chi connectivity index (χ2n) is 4.68. The van der Waals surface area contributed by atoms with Crippen molar-refractivity contribution in [1.29, 1.82) is 0 Å². The van der Waals surface area contributed by atoms with E-state index >= 15 is 0 Å². The molecule has 0 fully saturated rings. The summed E-state index contributed by atoms with van der Waals surface area (Å²) in [4.78, 5) is 0. The molecule has 1 nitrogen and oxygen atoms in total. The van der Waals surface area contributed by atoms with E-state index in [4.69, 9.17) is 0 Å². The molecular formula is C14H15F3O. The maximum Gasteiger partial charge on any atom is 0.416 e. The van der Waals surface area contributed by atoms with Crippen molar-refractivity contribution in [3.8, 4) is 0 Å². The molecule has 0 bridgehead atoms. The van der Waals surface area contributed by atoms with Crippen molar-refractivity contribution >= 4 is 5.57 Å². The van der Waals surface area contributed by atoms with Crippen molar-refractivity contribution < 1.29 is 18.3 Å². The van der Waals surface area contributed by atoms with E-state index in [1.807, 2.05) is 0 Å². The maximum absolute atomic E-state index is 12.5. The predicted octanol–water partition coefficient (Wildman–Crippen LogP) is 3.94. The minimum absolute atomic E-state index is 0.476. The highest BCUT2D eigenvalue weighted by atomic mass is 19.4. The van der Waals surface area contributed by atoms with Gasteiger partial charge in [-0.25, -0.2) is 0 Å². The lowest BCUT2D eigenvalue weighted by molar-refractivity contribution is -0.137. The van der Waals surface area contributed by atoms with Crippen molar-refractivity contribution in [1.82, 2.24) is 0 Å². The Morgan fingerprint density at radius 1 is 1.28 bits per heavy atom. The Kier molecular flexibility index (Phi) is 3.48. The molecule has 1 N–H and O–H groups in total. The molecule has 4 heteroatoms. The first kappa shape index (κ1) is 13.1. The molecule has 18 heavy (non-hydrogen) atoms. The molecule has 2 rings (SSSR count). The van der Waals surface area contributed by atoms with Crippen LogP contribution in [-0.4, -0.2) is 11.2 Å². The fourth-order valence-corrected chi connectivity index (χ4v) is 2.33. The molecule has 1 aromatic carbocycles. The third-order valence-electron chi connectivity index (χ3n) is 3.24. The Bertz CT molecular complexity index is 474. The molecule has 1 aliphatic carbocycles. The zero-order valence-electron chi connectivity index (χ0n) is 10.1. The first-order valence-electron chi connectivity index (χ1n) is 5.95.